The standard InChI is InChI=1S/C20H17N3O2S2/c1-25-15-7-8-17-18(11-15)27-20(22-17)23(13-14-5-2-3-9-21-14)19(24)12-16-6-4-10-26-16/h2-11H,12-13H2,1H3. The van der Waals surface area contributed by atoms with Crippen LogP contribution in [-0.2, 0) is 17.8 Å². The number of aromatic nitrogens is 2. The van der Waals surface area contributed by atoms with E-state index in [0.717, 1.165) is 26.5 Å². The number of nitrogens with zero attached hydrogens (tertiary/aromatic N) is 3. The van der Waals surface area contributed by atoms with Gasteiger partial charge >= 0.3 is 0 Å². The van der Waals surface area contributed by atoms with Gasteiger partial charge in [0.2, 0.25) is 5.91 Å². The summed E-state index contributed by atoms with van der Waals surface area (Å²) in [4.78, 5) is 24.9. The predicted molar refractivity (Wildman–Crippen MR) is 110 cm³/mol. The van der Waals surface area contributed by atoms with Crippen LogP contribution in [0.5, 0.6) is 5.75 Å². The molecule has 0 aliphatic heterocycles. The Labute approximate surface area is 164 Å². The molecular weight excluding hydrogens is 378 g/mol. The van der Waals surface area contributed by atoms with Crippen LogP contribution in [0.4, 0.5) is 5.13 Å². The fraction of sp³-hybridized carbons (Fsp3) is 0.150. The number of benzene rings is 1. The van der Waals surface area contributed by atoms with E-state index in [1.807, 2.05) is 53.9 Å². The Morgan fingerprint density at radius 3 is 2.85 bits per heavy atom. The van der Waals surface area contributed by atoms with Crippen LogP contribution in [0.2, 0.25) is 0 Å². The molecule has 7 heteroatoms. The summed E-state index contributed by atoms with van der Waals surface area (Å²) in [7, 11) is 1.64. The third-order valence-corrected chi connectivity index (χ3v) is 5.99. The molecule has 3 heterocycles. The van der Waals surface area contributed by atoms with E-state index < -0.39 is 0 Å². The molecule has 0 aliphatic carbocycles. The van der Waals surface area contributed by atoms with Crippen molar-refractivity contribution in [2.45, 2.75) is 13.0 Å². The lowest BCUT2D eigenvalue weighted by Crippen LogP contribution is -2.31. The van der Waals surface area contributed by atoms with E-state index in [2.05, 4.69) is 9.97 Å². The molecule has 0 N–H and O–H groups in total. The van der Waals surface area contributed by atoms with Crippen molar-refractivity contribution in [3.05, 3.63) is 70.7 Å². The number of fused-ring (bicyclic) bond motifs is 1. The molecule has 5 nitrogen and oxygen atoms in total. The minimum atomic E-state index is 0.00845. The van der Waals surface area contributed by atoms with Gasteiger partial charge in [0.15, 0.2) is 5.13 Å². The van der Waals surface area contributed by atoms with Gasteiger partial charge in [-0.2, -0.15) is 0 Å². The van der Waals surface area contributed by atoms with Crippen molar-refractivity contribution in [3.63, 3.8) is 0 Å². The van der Waals surface area contributed by atoms with Crippen molar-refractivity contribution in [2.75, 3.05) is 12.0 Å². The van der Waals surface area contributed by atoms with E-state index in [9.17, 15) is 4.79 Å². The topological polar surface area (TPSA) is 55.3 Å². The molecule has 0 aliphatic rings. The number of hydrogen-bond acceptors (Lipinski definition) is 6. The lowest BCUT2D eigenvalue weighted by atomic mass is 10.3. The lowest BCUT2D eigenvalue weighted by molar-refractivity contribution is -0.118. The van der Waals surface area contributed by atoms with Gasteiger partial charge in [-0.1, -0.05) is 23.5 Å². The molecule has 0 saturated heterocycles. The Kier molecular flexibility index (Phi) is 5.13. The summed E-state index contributed by atoms with van der Waals surface area (Å²) in [6.45, 7) is 0.391. The number of hydrogen-bond donors (Lipinski definition) is 0. The summed E-state index contributed by atoms with van der Waals surface area (Å²) < 4.78 is 6.28. The molecule has 1 aromatic carbocycles. The number of methoxy groups -OCH3 is 1. The van der Waals surface area contributed by atoms with Crippen molar-refractivity contribution < 1.29 is 9.53 Å². The maximum absolute atomic E-state index is 13.1. The highest BCUT2D eigenvalue weighted by atomic mass is 32.1. The minimum Gasteiger partial charge on any atom is -0.497 e. The molecule has 0 unspecified atom stereocenters. The monoisotopic (exact) mass is 395 g/mol. The first kappa shape index (κ1) is 17.6. The molecule has 0 spiro atoms. The van der Waals surface area contributed by atoms with Gasteiger partial charge in [0.1, 0.15) is 5.75 Å². The van der Waals surface area contributed by atoms with Crippen LogP contribution in [0.3, 0.4) is 0 Å². The highest BCUT2D eigenvalue weighted by Crippen LogP contribution is 2.32. The van der Waals surface area contributed by atoms with Crippen LogP contribution in [-0.4, -0.2) is 23.0 Å². The normalized spacial score (nSPS) is 10.9. The minimum absolute atomic E-state index is 0.00845. The van der Waals surface area contributed by atoms with Crippen molar-refractivity contribution in [1.29, 1.82) is 0 Å². The van der Waals surface area contributed by atoms with Gasteiger partial charge in [-0.05, 0) is 41.8 Å². The van der Waals surface area contributed by atoms with Crippen LogP contribution in [0.25, 0.3) is 10.2 Å². The average Bonchev–Trinajstić information content (AvgIpc) is 3.35. The Bertz CT molecular complexity index is 1050. The number of thiophene rings is 1. The lowest BCUT2D eigenvalue weighted by Gasteiger charge is -2.19. The van der Waals surface area contributed by atoms with E-state index >= 15 is 0 Å². The van der Waals surface area contributed by atoms with Gasteiger partial charge in [0, 0.05) is 11.1 Å². The second-order valence-corrected chi connectivity index (χ2v) is 7.93. The fourth-order valence-electron chi connectivity index (χ4n) is 2.71. The van der Waals surface area contributed by atoms with Gasteiger partial charge < -0.3 is 4.74 Å². The number of anilines is 1. The van der Waals surface area contributed by atoms with E-state index in [1.165, 1.54) is 11.3 Å². The van der Waals surface area contributed by atoms with E-state index in [0.29, 0.717) is 18.1 Å². The van der Waals surface area contributed by atoms with E-state index in [4.69, 9.17) is 4.74 Å². The van der Waals surface area contributed by atoms with Crippen LogP contribution in [0, 0.1) is 0 Å². The zero-order chi connectivity index (χ0) is 18.6. The molecule has 4 aromatic rings. The summed E-state index contributed by atoms with van der Waals surface area (Å²) >= 11 is 3.07. The molecule has 27 heavy (non-hydrogen) atoms. The molecule has 136 valence electrons. The highest BCUT2D eigenvalue weighted by molar-refractivity contribution is 7.22. The summed E-state index contributed by atoms with van der Waals surface area (Å²) in [5.74, 6) is 0.785. The number of thiazole rings is 1. The van der Waals surface area contributed by atoms with Gasteiger partial charge in [-0.15, -0.1) is 11.3 Å². The third-order valence-electron chi connectivity index (χ3n) is 4.07. The molecule has 0 atom stereocenters. The Morgan fingerprint density at radius 2 is 2.11 bits per heavy atom. The van der Waals surface area contributed by atoms with Crippen LogP contribution in [0.1, 0.15) is 10.6 Å². The molecular formula is C20H17N3O2S2. The Morgan fingerprint density at radius 1 is 1.19 bits per heavy atom. The number of amides is 1. The first-order valence-electron chi connectivity index (χ1n) is 8.40. The fourth-order valence-corrected chi connectivity index (χ4v) is 4.42. The number of carbonyl (C=O) groups is 1. The van der Waals surface area contributed by atoms with Gasteiger partial charge in [0.05, 0.1) is 36.0 Å². The number of carbonyl (C=O) groups excluding carboxylic acids is 1. The molecule has 0 radical (unpaired) electrons. The molecule has 1 amide bonds. The zero-order valence-electron chi connectivity index (χ0n) is 14.7. The van der Waals surface area contributed by atoms with Gasteiger partial charge in [0.25, 0.3) is 0 Å². The second-order valence-electron chi connectivity index (χ2n) is 5.89. The van der Waals surface area contributed by atoms with Crippen LogP contribution < -0.4 is 9.64 Å². The van der Waals surface area contributed by atoms with Crippen molar-refractivity contribution >= 4 is 43.9 Å². The van der Waals surface area contributed by atoms with Crippen molar-refractivity contribution in [1.82, 2.24) is 9.97 Å². The van der Waals surface area contributed by atoms with Crippen LogP contribution >= 0.6 is 22.7 Å². The van der Waals surface area contributed by atoms with Gasteiger partial charge in [-0.25, -0.2) is 4.98 Å². The van der Waals surface area contributed by atoms with Crippen LogP contribution in [0.15, 0.2) is 60.1 Å². The smallest absolute Gasteiger partial charge is 0.234 e. The Hall–Kier alpha value is -2.77. The molecule has 0 bridgehead atoms. The highest BCUT2D eigenvalue weighted by Gasteiger charge is 2.21. The SMILES string of the molecule is COc1ccc2nc(N(Cc3ccccn3)C(=O)Cc3cccs3)sc2c1. The first-order valence-corrected chi connectivity index (χ1v) is 10.1. The molecule has 3 aromatic heterocycles. The summed E-state index contributed by atoms with van der Waals surface area (Å²) in [5.41, 5.74) is 1.68. The number of rotatable bonds is 6. The average molecular weight is 396 g/mol. The first-order chi connectivity index (χ1) is 13.2. The summed E-state index contributed by atoms with van der Waals surface area (Å²) in [5, 5.41) is 2.65. The summed E-state index contributed by atoms with van der Waals surface area (Å²) in [6.07, 6.45) is 2.09. The predicted octanol–water partition coefficient (Wildman–Crippen LogP) is 4.54. The molecule has 4 rings (SSSR count). The van der Waals surface area contributed by atoms with Gasteiger partial charge in [-0.3, -0.25) is 14.7 Å². The Balaban J connectivity index is 1.69. The number of pyridine rings is 1. The van der Waals surface area contributed by atoms with Crippen molar-refractivity contribution in [2.24, 2.45) is 0 Å². The maximum atomic E-state index is 13.1. The second kappa shape index (κ2) is 7.85. The third kappa shape index (κ3) is 3.99. The largest absolute Gasteiger partial charge is 0.497 e. The quantitative estimate of drug-likeness (QED) is 0.481. The maximum Gasteiger partial charge on any atom is 0.234 e. The van der Waals surface area contributed by atoms with E-state index in [1.54, 1.807) is 29.5 Å². The summed E-state index contributed by atoms with van der Waals surface area (Å²) in [6, 6.07) is 15.4. The van der Waals surface area contributed by atoms with Crippen molar-refractivity contribution in [3.8, 4) is 5.75 Å². The molecule has 0 fully saturated rings. The number of ether oxygens (including phenoxy) is 1. The van der Waals surface area contributed by atoms with E-state index in [-0.39, 0.29) is 5.91 Å². The zero-order valence-corrected chi connectivity index (χ0v) is 16.3. The molecule has 0 saturated carbocycles.